The summed E-state index contributed by atoms with van der Waals surface area (Å²) >= 11 is 1.58. The minimum atomic E-state index is -0.874. The highest BCUT2D eigenvalue weighted by Gasteiger charge is 2.27. The predicted molar refractivity (Wildman–Crippen MR) is 164 cm³/mol. The third-order valence-electron chi connectivity index (χ3n) is 7.22. The van der Waals surface area contributed by atoms with Crippen LogP contribution in [0.2, 0.25) is 0 Å². The van der Waals surface area contributed by atoms with Crippen LogP contribution in [-0.4, -0.2) is 78.9 Å². The number of primary amides is 1. The topological polar surface area (TPSA) is 157 Å². The maximum Gasteiger partial charge on any atom is 0.328 e. The van der Waals surface area contributed by atoms with Crippen LogP contribution >= 0.6 is 11.8 Å². The molecule has 0 saturated carbocycles. The fraction of sp³-hybridized carbons (Fsp3) is 0.533. The van der Waals surface area contributed by atoms with Crippen LogP contribution in [0.3, 0.4) is 0 Å². The quantitative estimate of drug-likeness (QED) is 0.193. The number of carbonyl (C=O) groups excluding carboxylic acids is 4. The molecule has 0 heterocycles. The second-order valence-electron chi connectivity index (χ2n) is 10.3. The molecule has 0 spiro atoms. The first-order valence-electron chi connectivity index (χ1n) is 14.0. The van der Waals surface area contributed by atoms with Crippen LogP contribution < -0.4 is 22.1 Å². The highest BCUT2D eigenvalue weighted by molar-refractivity contribution is 7.98. The highest BCUT2D eigenvalue weighted by atomic mass is 32.2. The fourth-order valence-corrected chi connectivity index (χ4v) is 5.05. The molecule has 4 atom stereocenters. The van der Waals surface area contributed by atoms with Crippen molar-refractivity contribution in [3.8, 4) is 0 Å². The molecular formula is C30H45N5O5S. The van der Waals surface area contributed by atoms with Gasteiger partial charge in [0.1, 0.15) is 6.04 Å². The summed E-state index contributed by atoms with van der Waals surface area (Å²) in [5.74, 6) is -0.907. The Balaban J connectivity index is 2.31. The molecule has 6 N–H and O–H groups in total. The molecule has 0 aliphatic rings. The standard InChI is InChI=1S/C30H45N5O5S/c1-5-20(2)26(34-29(38)24(31)13-14-27(32)36)18-35(17-22-11-8-10-21-9-6-7-12-23(21)22)19-28(37)33-25(15-16-41-4)30(39)40-3/h6-12,20,24-26H,5,13-19,31H2,1-4H3,(H2,32,36)(H,33,37)(H,34,38)/t20-,24-,25-,26+/m0/s1. The summed E-state index contributed by atoms with van der Waals surface area (Å²) < 4.78 is 4.91. The van der Waals surface area contributed by atoms with Gasteiger partial charge in [-0.1, -0.05) is 62.7 Å². The van der Waals surface area contributed by atoms with Gasteiger partial charge in [-0.05, 0) is 47.1 Å². The van der Waals surface area contributed by atoms with E-state index in [0.717, 1.165) is 22.8 Å². The van der Waals surface area contributed by atoms with Gasteiger partial charge < -0.3 is 26.8 Å². The fourth-order valence-electron chi connectivity index (χ4n) is 4.58. The number of thioether (sulfide) groups is 1. The van der Waals surface area contributed by atoms with Crippen molar-refractivity contribution in [2.24, 2.45) is 17.4 Å². The number of fused-ring (bicyclic) bond motifs is 1. The van der Waals surface area contributed by atoms with Crippen LogP contribution in [0.1, 0.15) is 45.1 Å². The summed E-state index contributed by atoms with van der Waals surface area (Å²) in [4.78, 5) is 51.7. The number of benzene rings is 2. The number of hydrogen-bond acceptors (Lipinski definition) is 8. The second kappa shape index (κ2) is 17.6. The lowest BCUT2D eigenvalue weighted by molar-refractivity contribution is -0.145. The predicted octanol–water partition coefficient (Wildman–Crippen LogP) is 2.18. The van der Waals surface area contributed by atoms with Crippen LogP contribution in [0, 0.1) is 5.92 Å². The van der Waals surface area contributed by atoms with Crippen molar-refractivity contribution in [1.82, 2.24) is 15.5 Å². The van der Waals surface area contributed by atoms with Crippen molar-refractivity contribution in [3.63, 3.8) is 0 Å². The monoisotopic (exact) mass is 587 g/mol. The van der Waals surface area contributed by atoms with Gasteiger partial charge in [0.2, 0.25) is 17.7 Å². The Bertz CT molecular complexity index is 1160. The number of nitrogens with one attached hydrogen (secondary N) is 2. The van der Waals surface area contributed by atoms with Crippen LogP contribution in [0.25, 0.3) is 10.8 Å². The van der Waals surface area contributed by atoms with Crippen LogP contribution in [0.4, 0.5) is 0 Å². The number of carbonyl (C=O) groups is 4. The Morgan fingerprint density at radius 3 is 2.41 bits per heavy atom. The largest absolute Gasteiger partial charge is 0.467 e. The van der Waals surface area contributed by atoms with E-state index in [2.05, 4.69) is 10.6 Å². The Morgan fingerprint density at radius 1 is 1.05 bits per heavy atom. The average molecular weight is 588 g/mol. The summed E-state index contributed by atoms with van der Waals surface area (Å²) in [5, 5.41) is 8.05. The molecule has 0 bridgehead atoms. The molecule has 2 aromatic carbocycles. The lowest BCUT2D eigenvalue weighted by Crippen LogP contribution is -2.53. The second-order valence-corrected chi connectivity index (χ2v) is 11.3. The molecule has 0 aliphatic carbocycles. The van der Waals surface area contributed by atoms with Gasteiger partial charge in [-0.2, -0.15) is 11.8 Å². The number of nitrogens with zero attached hydrogens (tertiary/aromatic N) is 1. The van der Waals surface area contributed by atoms with Crippen molar-refractivity contribution < 1.29 is 23.9 Å². The lowest BCUT2D eigenvalue weighted by atomic mass is 9.97. The average Bonchev–Trinajstić information content (AvgIpc) is 2.96. The smallest absolute Gasteiger partial charge is 0.328 e. The SMILES string of the molecule is CC[C@H](C)[C@@H](CN(CC(=O)N[C@@H](CCSC)C(=O)OC)Cc1cccc2ccccc12)NC(=O)[C@@H](N)CCC(N)=O. The van der Waals surface area contributed by atoms with Gasteiger partial charge in [0, 0.05) is 25.6 Å². The molecule has 0 saturated heterocycles. The van der Waals surface area contributed by atoms with Gasteiger partial charge in [0.15, 0.2) is 0 Å². The molecule has 226 valence electrons. The molecule has 0 aromatic heterocycles. The van der Waals surface area contributed by atoms with Gasteiger partial charge in [0.25, 0.3) is 0 Å². The maximum absolute atomic E-state index is 13.3. The van der Waals surface area contributed by atoms with Gasteiger partial charge in [-0.3, -0.25) is 19.3 Å². The molecule has 0 fully saturated rings. The number of amides is 3. The number of nitrogens with two attached hydrogens (primary N) is 2. The first kappa shape index (κ1) is 34.1. The zero-order valence-corrected chi connectivity index (χ0v) is 25.4. The van der Waals surface area contributed by atoms with E-state index in [9.17, 15) is 19.2 Å². The first-order valence-corrected chi connectivity index (χ1v) is 15.4. The molecule has 0 aliphatic heterocycles. The molecular weight excluding hydrogens is 542 g/mol. The highest BCUT2D eigenvalue weighted by Crippen LogP contribution is 2.21. The Morgan fingerprint density at radius 2 is 1.76 bits per heavy atom. The van der Waals surface area contributed by atoms with Crippen molar-refractivity contribution >= 4 is 46.2 Å². The maximum atomic E-state index is 13.3. The number of esters is 1. The number of rotatable bonds is 18. The summed E-state index contributed by atoms with van der Waals surface area (Å²) in [7, 11) is 1.31. The molecule has 0 unspecified atom stereocenters. The zero-order chi connectivity index (χ0) is 30.4. The van der Waals surface area contributed by atoms with Gasteiger partial charge in [-0.25, -0.2) is 4.79 Å². The number of methoxy groups -OCH3 is 1. The van der Waals surface area contributed by atoms with E-state index in [1.165, 1.54) is 7.11 Å². The Kier molecular flexibility index (Phi) is 14.6. The van der Waals surface area contributed by atoms with Gasteiger partial charge in [0.05, 0.1) is 19.7 Å². The van der Waals surface area contributed by atoms with E-state index in [-0.39, 0.29) is 43.2 Å². The van der Waals surface area contributed by atoms with Crippen LogP contribution in [0.5, 0.6) is 0 Å². The van der Waals surface area contributed by atoms with Crippen molar-refractivity contribution in [2.75, 3.05) is 32.2 Å². The number of hydrogen-bond donors (Lipinski definition) is 4. The lowest BCUT2D eigenvalue weighted by Gasteiger charge is -2.32. The van der Waals surface area contributed by atoms with Crippen molar-refractivity contribution in [2.45, 2.75) is 64.2 Å². The summed E-state index contributed by atoms with van der Waals surface area (Å²) in [6.07, 6.45) is 3.35. The minimum Gasteiger partial charge on any atom is -0.467 e. The van der Waals surface area contributed by atoms with Gasteiger partial charge in [-0.15, -0.1) is 0 Å². The molecule has 41 heavy (non-hydrogen) atoms. The zero-order valence-electron chi connectivity index (χ0n) is 24.6. The third kappa shape index (κ3) is 11.3. The van der Waals surface area contributed by atoms with Crippen molar-refractivity contribution in [1.29, 1.82) is 0 Å². The van der Waals surface area contributed by atoms with Gasteiger partial charge >= 0.3 is 5.97 Å². The normalized spacial score (nSPS) is 14.2. The first-order chi connectivity index (χ1) is 19.6. The molecule has 10 nitrogen and oxygen atoms in total. The molecule has 3 amide bonds. The Hall–Kier alpha value is -3.15. The molecule has 2 aromatic rings. The van der Waals surface area contributed by atoms with Crippen molar-refractivity contribution in [3.05, 3.63) is 48.0 Å². The summed E-state index contributed by atoms with van der Waals surface area (Å²) in [5.41, 5.74) is 12.3. The van der Waals surface area contributed by atoms with E-state index < -0.39 is 24.0 Å². The molecule has 11 heteroatoms. The third-order valence-corrected chi connectivity index (χ3v) is 7.87. The minimum absolute atomic E-state index is 0.00647. The van der Waals surface area contributed by atoms with E-state index in [1.807, 2.05) is 67.5 Å². The van der Waals surface area contributed by atoms with E-state index in [1.54, 1.807) is 11.8 Å². The Labute approximate surface area is 247 Å². The summed E-state index contributed by atoms with van der Waals surface area (Å²) in [6.45, 7) is 4.89. The van der Waals surface area contributed by atoms with Crippen LogP contribution in [-0.2, 0) is 30.5 Å². The van der Waals surface area contributed by atoms with E-state index >= 15 is 0 Å². The number of ether oxygens (including phenoxy) is 1. The molecule has 0 radical (unpaired) electrons. The summed E-state index contributed by atoms with van der Waals surface area (Å²) in [6, 6.07) is 12.2. The molecule has 2 rings (SSSR count). The van der Waals surface area contributed by atoms with E-state index in [4.69, 9.17) is 16.2 Å². The van der Waals surface area contributed by atoms with Crippen LogP contribution in [0.15, 0.2) is 42.5 Å². The van der Waals surface area contributed by atoms with E-state index in [0.29, 0.717) is 25.3 Å².